The third kappa shape index (κ3) is 6.32. The first kappa shape index (κ1) is 32.2. The van der Waals surface area contributed by atoms with Gasteiger partial charge in [-0.15, -0.1) is 0 Å². The molecule has 1 atom stereocenters. The first-order valence-electron chi connectivity index (χ1n) is 16.3. The van der Waals surface area contributed by atoms with Gasteiger partial charge in [-0.05, 0) is 42.7 Å². The molecule has 11 nitrogen and oxygen atoms in total. The van der Waals surface area contributed by atoms with E-state index in [0.717, 1.165) is 5.56 Å². The maximum atomic E-state index is 14.7. The number of carboxylic acids is 1. The topological polar surface area (TPSA) is 140 Å². The van der Waals surface area contributed by atoms with Crippen LogP contribution in [-0.4, -0.2) is 75.2 Å². The maximum Gasteiger partial charge on any atom is 0.340 e. The molecular weight excluding hydrogens is 600 g/mol. The van der Waals surface area contributed by atoms with Gasteiger partial charge in [0, 0.05) is 51.0 Å². The Labute approximate surface area is 273 Å². The largest absolute Gasteiger partial charge is 0.478 e. The monoisotopic (exact) mass is 640 g/mol. The number of nitrogens with zero attached hydrogens (tertiary/aromatic N) is 4. The Balaban J connectivity index is 1.39. The molecule has 3 saturated heterocycles. The number of benzene rings is 2. The van der Waals surface area contributed by atoms with Crippen LogP contribution in [0.1, 0.15) is 73.7 Å². The van der Waals surface area contributed by atoms with Gasteiger partial charge >= 0.3 is 5.97 Å². The third-order valence-electron chi connectivity index (χ3n) is 9.71. The number of likely N-dealkylation sites (tertiary alicyclic amines) is 1. The molecule has 3 aromatic rings. The highest BCUT2D eigenvalue weighted by Crippen LogP contribution is 2.40. The van der Waals surface area contributed by atoms with Crippen molar-refractivity contribution >= 4 is 35.2 Å². The zero-order chi connectivity index (χ0) is 33.3. The first-order chi connectivity index (χ1) is 22.6. The lowest BCUT2D eigenvalue weighted by Gasteiger charge is -2.40. The van der Waals surface area contributed by atoms with Crippen LogP contribution < -0.4 is 15.4 Å². The van der Waals surface area contributed by atoms with Crippen molar-refractivity contribution in [2.45, 2.75) is 69.9 Å². The van der Waals surface area contributed by atoms with Crippen LogP contribution in [0.4, 0.5) is 11.5 Å². The van der Waals surface area contributed by atoms with Crippen molar-refractivity contribution in [3.05, 3.63) is 82.1 Å². The van der Waals surface area contributed by atoms with Crippen molar-refractivity contribution in [2.24, 2.45) is 0 Å². The molecular formula is C36H40N4O7. The number of anilines is 2. The summed E-state index contributed by atoms with van der Waals surface area (Å²) in [6.45, 7) is 2.69. The van der Waals surface area contributed by atoms with Crippen LogP contribution >= 0.6 is 0 Å². The fraction of sp³-hybridized carbons (Fsp3) is 0.417. The minimum Gasteiger partial charge on any atom is -0.478 e. The number of rotatable bonds is 9. The Bertz CT molecular complexity index is 1750. The number of aliphatic hydroxyl groups is 1. The molecule has 3 aliphatic rings. The summed E-state index contributed by atoms with van der Waals surface area (Å²) < 4.78 is 1.20. The maximum absolute atomic E-state index is 14.7. The minimum atomic E-state index is -1.47. The molecule has 0 unspecified atom stereocenters. The molecule has 3 fully saturated rings. The number of hydrogen-bond donors (Lipinski definition) is 2. The van der Waals surface area contributed by atoms with E-state index >= 15 is 0 Å². The fourth-order valence-electron chi connectivity index (χ4n) is 7.13. The number of carbonyl (C=O) groups is 4. The molecule has 11 heteroatoms. The lowest BCUT2D eigenvalue weighted by molar-refractivity contribution is -0.136. The van der Waals surface area contributed by atoms with Crippen LogP contribution in [0.25, 0.3) is 11.1 Å². The van der Waals surface area contributed by atoms with Gasteiger partial charge in [-0.3, -0.25) is 28.6 Å². The molecule has 246 valence electrons. The quantitative estimate of drug-likeness (QED) is 0.360. The molecule has 0 spiro atoms. The second-order valence-electron chi connectivity index (χ2n) is 12.9. The van der Waals surface area contributed by atoms with Gasteiger partial charge in [0.15, 0.2) is 0 Å². The van der Waals surface area contributed by atoms with Crippen LogP contribution in [-0.2, 0) is 20.9 Å². The van der Waals surface area contributed by atoms with Crippen molar-refractivity contribution in [3.8, 4) is 11.1 Å². The van der Waals surface area contributed by atoms with E-state index in [4.69, 9.17) is 0 Å². The molecule has 6 rings (SSSR count). The normalized spacial score (nSPS) is 18.6. The molecule has 2 N–H and O–H groups in total. The van der Waals surface area contributed by atoms with Crippen molar-refractivity contribution in [1.29, 1.82) is 0 Å². The van der Waals surface area contributed by atoms with E-state index in [1.165, 1.54) is 14.4 Å². The number of piperidine rings is 1. The van der Waals surface area contributed by atoms with Crippen LogP contribution in [0.5, 0.6) is 0 Å². The van der Waals surface area contributed by atoms with Crippen molar-refractivity contribution < 1.29 is 29.4 Å². The van der Waals surface area contributed by atoms with E-state index < -0.39 is 17.1 Å². The minimum absolute atomic E-state index is 0.0212. The Morgan fingerprint density at radius 1 is 0.830 bits per heavy atom. The number of aromatic carboxylic acids is 1. The molecule has 0 radical (unpaired) electrons. The lowest BCUT2D eigenvalue weighted by Crippen LogP contribution is -2.51. The van der Waals surface area contributed by atoms with E-state index in [1.54, 1.807) is 35.2 Å². The van der Waals surface area contributed by atoms with Gasteiger partial charge in [0.25, 0.3) is 5.56 Å². The molecule has 0 bridgehead atoms. The van der Waals surface area contributed by atoms with E-state index in [0.29, 0.717) is 24.8 Å². The summed E-state index contributed by atoms with van der Waals surface area (Å²) in [5.41, 5.74) is -0.833. The Morgan fingerprint density at radius 3 is 1.96 bits per heavy atom. The highest BCUT2D eigenvalue weighted by Gasteiger charge is 2.41. The summed E-state index contributed by atoms with van der Waals surface area (Å²) in [5.74, 6) is -2.04. The van der Waals surface area contributed by atoms with Crippen molar-refractivity contribution in [1.82, 2.24) is 9.47 Å². The van der Waals surface area contributed by atoms with E-state index in [2.05, 4.69) is 0 Å². The van der Waals surface area contributed by atoms with Crippen LogP contribution in [0.3, 0.4) is 0 Å². The summed E-state index contributed by atoms with van der Waals surface area (Å²) in [4.78, 5) is 71.8. The summed E-state index contributed by atoms with van der Waals surface area (Å²) in [5, 5.41) is 22.7. The van der Waals surface area contributed by atoms with Crippen LogP contribution in [0.15, 0.2) is 65.5 Å². The zero-order valence-corrected chi connectivity index (χ0v) is 26.6. The van der Waals surface area contributed by atoms with E-state index in [9.17, 15) is 34.2 Å². The standard InChI is InChI=1S/C36H40N4O7/c1-24(25-10-4-2-5-11-25)22-29(43)37-20-16-36(47,17-21-37)23-40-33(39-19-9-15-28(39)42)31(35(45)46)30(26-12-6-3-7-13-26)32(34(40)44)38-18-8-14-27(38)41/h2-7,10-13,24,47H,8-9,14-23H2,1H3,(H,45,46)/t24-/m1/s1. The number of aromatic nitrogens is 1. The van der Waals surface area contributed by atoms with E-state index in [-0.39, 0.29) is 105 Å². The van der Waals surface area contributed by atoms with Crippen molar-refractivity contribution in [2.75, 3.05) is 36.0 Å². The zero-order valence-electron chi connectivity index (χ0n) is 26.6. The van der Waals surface area contributed by atoms with Gasteiger partial charge in [0.1, 0.15) is 17.1 Å². The predicted molar refractivity (Wildman–Crippen MR) is 177 cm³/mol. The number of carboxylic acid groups (broad SMARTS) is 1. The van der Waals surface area contributed by atoms with Gasteiger partial charge in [-0.1, -0.05) is 67.6 Å². The molecule has 3 amide bonds. The van der Waals surface area contributed by atoms with Crippen LogP contribution in [0, 0.1) is 0 Å². The smallest absolute Gasteiger partial charge is 0.340 e. The fourth-order valence-corrected chi connectivity index (χ4v) is 7.13. The number of amides is 3. The summed E-state index contributed by atoms with van der Waals surface area (Å²) in [6.07, 6.45) is 2.04. The van der Waals surface area contributed by atoms with Gasteiger partial charge in [0.2, 0.25) is 17.7 Å². The average Bonchev–Trinajstić information content (AvgIpc) is 3.69. The second kappa shape index (κ2) is 13.2. The summed E-state index contributed by atoms with van der Waals surface area (Å²) in [6, 6.07) is 18.4. The molecule has 47 heavy (non-hydrogen) atoms. The third-order valence-corrected chi connectivity index (χ3v) is 9.71. The highest BCUT2D eigenvalue weighted by molar-refractivity contribution is 6.11. The predicted octanol–water partition coefficient (Wildman–Crippen LogP) is 4.01. The molecule has 3 aliphatic heterocycles. The Kier molecular flexibility index (Phi) is 9.01. The van der Waals surface area contributed by atoms with E-state index in [1.807, 2.05) is 37.3 Å². The highest BCUT2D eigenvalue weighted by atomic mass is 16.4. The molecule has 1 aromatic heterocycles. The van der Waals surface area contributed by atoms with Gasteiger partial charge in [0.05, 0.1) is 12.1 Å². The summed E-state index contributed by atoms with van der Waals surface area (Å²) >= 11 is 0. The molecule has 0 saturated carbocycles. The van der Waals surface area contributed by atoms with Gasteiger partial charge in [-0.25, -0.2) is 4.79 Å². The van der Waals surface area contributed by atoms with Crippen molar-refractivity contribution in [3.63, 3.8) is 0 Å². The van der Waals surface area contributed by atoms with Crippen LogP contribution in [0.2, 0.25) is 0 Å². The summed E-state index contributed by atoms with van der Waals surface area (Å²) in [7, 11) is 0. The number of hydrogen-bond acceptors (Lipinski definition) is 6. The number of carbonyl (C=O) groups excluding carboxylic acids is 3. The average molecular weight is 641 g/mol. The Morgan fingerprint density at radius 2 is 1.40 bits per heavy atom. The molecule has 0 aliphatic carbocycles. The number of pyridine rings is 1. The molecule has 2 aromatic carbocycles. The second-order valence-corrected chi connectivity index (χ2v) is 12.9. The molecule has 4 heterocycles. The Hall–Kier alpha value is -4.77. The SMILES string of the molecule is C[C@H](CC(=O)N1CCC(O)(Cn2c(N3CCCC3=O)c(C(=O)O)c(-c3ccccc3)c(N3CCCC3=O)c2=O)CC1)c1ccccc1. The lowest BCUT2D eigenvalue weighted by atomic mass is 9.89. The van der Waals surface area contributed by atoms with Gasteiger partial charge < -0.3 is 20.0 Å². The first-order valence-corrected chi connectivity index (χ1v) is 16.3. The van der Waals surface area contributed by atoms with Gasteiger partial charge in [-0.2, -0.15) is 0 Å².